The zero-order valence-corrected chi connectivity index (χ0v) is 12.1. The van der Waals surface area contributed by atoms with Crippen molar-refractivity contribution in [3.63, 3.8) is 0 Å². The monoisotopic (exact) mass is 337 g/mol. The van der Waals surface area contributed by atoms with Crippen LogP contribution in [0.1, 0.15) is 13.3 Å². The molecular formula is C12H9BF5NO2S. The van der Waals surface area contributed by atoms with Gasteiger partial charge in [0.2, 0.25) is 0 Å². The van der Waals surface area contributed by atoms with Crippen molar-refractivity contribution < 1.29 is 31.5 Å². The Morgan fingerprint density at radius 1 is 1.14 bits per heavy atom. The van der Waals surface area contributed by atoms with Crippen LogP contribution in [-0.2, 0) is 4.79 Å². The molecule has 0 amide bonds. The second-order valence-electron chi connectivity index (χ2n) is 4.51. The van der Waals surface area contributed by atoms with Crippen molar-refractivity contribution in [2.75, 3.05) is 13.1 Å². The van der Waals surface area contributed by atoms with E-state index in [1.165, 1.54) is 13.1 Å². The van der Waals surface area contributed by atoms with E-state index in [2.05, 4.69) is 0 Å². The molecule has 0 aliphatic carbocycles. The fraction of sp³-hybridized carbons (Fsp3) is 0.333. The molecule has 1 aromatic carbocycles. The molecule has 0 bridgehead atoms. The molecular weight excluding hydrogens is 328 g/mol. The number of hydrogen-bond donors (Lipinski definition) is 0. The summed E-state index contributed by atoms with van der Waals surface area (Å²) in [5.41, 5.74) is 0.0491. The number of carbonyl (C=O) groups excluding carboxylic acids is 1. The normalized spacial score (nSPS) is 15.3. The maximum absolute atomic E-state index is 13.5. The van der Waals surface area contributed by atoms with E-state index >= 15 is 0 Å². The van der Waals surface area contributed by atoms with Gasteiger partial charge < -0.3 is 0 Å². The Morgan fingerprint density at radius 2 is 1.68 bits per heavy atom. The third-order valence-corrected chi connectivity index (χ3v) is 3.72. The molecule has 0 aromatic heterocycles. The zero-order chi connectivity index (χ0) is 16.4. The van der Waals surface area contributed by atoms with Crippen molar-refractivity contribution in [3.05, 3.63) is 29.1 Å². The average Bonchev–Trinajstić information content (AvgIpc) is 2.49. The standard InChI is InChI=1S/C12H9BF5NO2S/c1-5(20)4-19-3-2-6(13-22-19)21-12-10(17)8(15)7(14)9(16)11(12)18/h2-4H2,1H3. The number of ketones is 1. The molecule has 1 aliphatic rings. The topological polar surface area (TPSA) is 29.5 Å². The first-order chi connectivity index (χ1) is 10.3. The number of Topliss-reactive ketones (excluding diaryl/α,β-unsaturated/α-hetero) is 1. The SMILES string of the molecule is CC(=O)CN1CCC(Oc2c(F)c(F)c(F)c(F)c2F)=BS1. The van der Waals surface area contributed by atoms with Crippen LogP contribution in [0, 0.1) is 29.1 Å². The molecule has 1 aromatic rings. The Bertz CT molecular complexity index is 626. The number of nitrogens with zero attached hydrogens (tertiary/aromatic N) is 1. The summed E-state index contributed by atoms with van der Waals surface area (Å²) in [4.78, 5) is 11.0. The Balaban J connectivity index is 2.19. The molecule has 0 saturated carbocycles. The molecule has 10 heteroatoms. The quantitative estimate of drug-likeness (QED) is 0.278. The molecule has 0 spiro atoms. The number of carbonyl (C=O) groups is 1. The first-order valence-electron chi connectivity index (χ1n) is 6.10. The molecule has 1 aliphatic heterocycles. The van der Waals surface area contributed by atoms with Gasteiger partial charge in [-0.15, -0.1) is 0 Å². The summed E-state index contributed by atoms with van der Waals surface area (Å²) >= 11 is 1.06. The average molecular weight is 337 g/mol. The van der Waals surface area contributed by atoms with Crippen LogP contribution in [-0.4, -0.2) is 35.0 Å². The van der Waals surface area contributed by atoms with E-state index in [-0.39, 0.29) is 24.4 Å². The fourth-order valence-electron chi connectivity index (χ4n) is 1.73. The summed E-state index contributed by atoms with van der Waals surface area (Å²) in [7, 11) is 0. The molecule has 0 atom stereocenters. The summed E-state index contributed by atoms with van der Waals surface area (Å²) in [6.45, 7) is 1.92. The Morgan fingerprint density at radius 3 is 2.14 bits per heavy atom. The van der Waals surface area contributed by atoms with Gasteiger partial charge in [-0.1, -0.05) is 0 Å². The summed E-state index contributed by atoms with van der Waals surface area (Å²) in [6, 6.07) is 0. The molecule has 3 nitrogen and oxygen atoms in total. The van der Waals surface area contributed by atoms with Gasteiger partial charge in [0.15, 0.2) is 0 Å². The Kier molecular flexibility index (Phi) is 5.22. The molecule has 118 valence electrons. The van der Waals surface area contributed by atoms with Crippen molar-refractivity contribution in [3.8, 4) is 5.75 Å². The summed E-state index contributed by atoms with van der Waals surface area (Å²) in [5, 5.41) is 0. The minimum absolute atomic E-state index is 0.0491. The van der Waals surface area contributed by atoms with Gasteiger partial charge >= 0.3 is 126 Å². The molecule has 1 heterocycles. The van der Waals surface area contributed by atoms with E-state index in [1.807, 2.05) is 0 Å². The van der Waals surface area contributed by atoms with Crippen LogP contribution < -0.4 is 4.74 Å². The number of rotatable bonds is 4. The van der Waals surface area contributed by atoms with E-state index in [4.69, 9.17) is 4.74 Å². The van der Waals surface area contributed by atoms with Gasteiger partial charge in [-0.2, -0.15) is 0 Å². The summed E-state index contributed by atoms with van der Waals surface area (Å²) in [6.07, 6.45) is 1.52. The third kappa shape index (κ3) is 3.49. The van der Waals surface area contributed by atoms with Crippen molar-refractivity contribution in [1.82, 2.24) is 4.31 Å². The van der Waals surface area contributed by atoms with Crippen molar-refractivity contribution >= 4 is 29.4 Å². The number of ether oxygens (including phenoxy) is 1. The first kappa shape index (κ1) is 16.9. The predicted molar refractivity (Wildman–Crippen MR) is 72.1 cm³/mol. The van der Waals surface area contributed by atoms with Gasteiger partial charge in [0.05, 0.1) is 0 Å². The van der Waals surface area contributed by atoms with Crippen LogP contribution >= 0.6 is 11.8 Å². The van der Waals surface area contributed by atoms with E-state index in [0.717, 1.165) is 11.8 Å². The van der Waals surface area contributed by atoms with Gasteiger partial charge in [0.25, 0.3) is 0 Å². The van der Waals surface area contributed by atoms with Crippen molar-refractivity contribution in [2.24, 2.45) is 0 Å². The molecule has 0 radical (unpaired) electrons. The first-order valence-corrected chi connectivity index (χ1v) is 6.94. The van der Waals surface area contributed by atoms with Crippen LogP contribution in [0.15, 0.2) is 0 Å². The van der Waals surface area contributed by atoms with Crippen LogP contribution in [0.5, 0.6) is 5.75 Å². The molecule has 2 rings (SSSR count). The van der Waals surface area contributed by atoms with E-state index in [1.54, 1.807) is 4.31 Å². The van der Waals surface area contributed by atoms with Crippen LogP contribution in [0.25, 0.3) is 0 Å². The summed E-state index contributed by atoms with van der Waals surface area (Å²) in [5.74, 6) is -11.8. The van der Waals surface area contributed by atoms with Crippen molar-refractivity contribution in [2.45, 2.75) is 13.3 Å². The van der Waals surface area contributed by atoms with Gasteiger partial charge in [0, 0.05) is 0 Å². The Labute approximate surface area is 127 Å². The fourth-order valence-corrected chi connectivity index (χ4v) is 2.61. The van der Waals surface area contributed by atoms with Crippen LogP contribution in [0.3, 0.4) is 0 Å². The maximum atomic E-state index is 13.5. The molecule has 0 saturated heterocycles. The van der Waals surface area contributed by atoms with Crippen LogP contribution in [0.2, 0.25) is 0 Å². The van der Waals surface area contributed by atoms with Gasteiger partial charge in [-0.25, -0.2) is 0 Å². The van der Waals surface area contributed by atoms with E-state index < -0.39 is 34.8 Å². The van der Waals surface area contributed by atoms with Crippen LogP contribution in [0.4, 0.5) is 22.0 Å². The zero-order valence-electron chi connectivity index (χ0n) is 11.3. The van der Waals surface area contributed by atoms with E-state index in [0.29, 0.717) is 6.54 Å². The number of hydrogen-bond acceptors (Lipinski definition) is 4. The number of halogens is 5. The molecule has 0 N–H and O–H groups in total. The van der Waals surface area contributed by atoms with Gasteiger partial charge in [0.1, 0.15) is 0 Å². The van der Waals surface area contributed by atoms with Gasteiger partial charge in [-0.05, 0) is 0 Å². The predicted octanol–water partition coefficient (Wildman–Crippen LogP) is 2.45. The minimum atomic E-state index is -2.23. The molecule has 22 heavy (non-hydrogen) atoms. The third-order valence-electron chi connectivity index (χ3n) is 2.74. The second kappa shape index (κ2) is 6.78. The van der Waals surface area contributed by atoms with Crippen molar-refractivity contribution in [1.29, 1.82) is 0 Å². The molecule has 0 fully saturated rings. The second-order valence-corrected chi connectivity index (χ2v) is 5.47. The number of benzene rings is 1. The summed E-state index contributed by atoms with van der Waals surface area (Å²) < 4.78 is 72.4. The van der Waals surface area contributed by atoms with Gasteiger partial charge in [-0.3, -0.25) is 0 Å². The van der Waals surface area contributed by atoms with E-state index in [9.17, 15) is 26.7 Å². The Hall–Kier alpha value is -1.42. The molecule has 0 unspecified atom stereocenters.